The molecule has 2 fully saturated rings. The number of hydrogen-bond acceptors (Lipinski definition) is 5. The maximum atomic E-state index is 13.8. The molecule has 6 amide bonds. The zero-order chi connectivity index (χ0) is 26.8. The van der Waals surface area contributed by atoms with Crippen LogP contribution < -0.4 is 16.0 Å². The molecule has 2 atom stereocenters. The number of thiophene rings is 1. The summed E-state index contributed by atoms with van der Waals surface area (Å²) in [6, 6.07) is 4.66. The van der Waals surface area contributed by atoms with Gasteiger partial charge < -0.3 is 20.9 Å². The van der Waals surface area contributed by atoms with Crippen LogP contribution in [0.1, 0.15) is 57.7 Å². The molecule has 3 heterocycles. The molecule has 38 heavy (non-hydrogen) atoms. The first kappa shape index (κ1) is 24.9. The maximum absolute atomic E-state index is 13.8. The van der Waals surface area contributed by atoms with Crippen molar-refractivity contribution >= 4 is 40.9 Å². The zero-order valence-electron chi connectivity index (χ0n) is 22.0. The zero-order valence-corrected chi connectivity index (χ0v) is 22.8. The van der Waals surface area contributed by atoms with Crippen LogP contribution in [0.3, 0.4) is 0 Å². The summed E-state index contributed by atoms with van der Waals surface area (Å²) in [7, 11) is 1.54. The van der Waals surface area contributed by atoms with E-state index in [0.29, 0.717) is 31.0 Å². The number of rotatable bonds is 4. The largest absolute Gasteiger partial charge is 0.341 e. The summed E-state index contributed by atoms with van der Waals surface area (Å²) in [6.45, 7) is 4.59. The third kappa shape index (κ3) is 3.97. The highest BCUT2D eigenvalue weighted by Crippen LogP contribution is 2.44. The number of nitrogens with zero attached hydrogens (tertiary/aromatic N) is 2. The van der Waals surface area contributed by atoms with E-state index in [0.717, 1.165) is 41.7 Å². The minimum absolute atomic E-state index is 0.148. The van der Waals surface area contributed by atoms with Gasteiger partial charge in [-0.1, -0.05) is 6.07 Å². The van der Waals surface area contributed by atoms with E-state index in [-0.39, 0.29) is 30.4 Å². The lowest BCUT2D eigenvalue weighted by atomic mass is 9.91. The van der Waals surface area contributed by atoms with Crippen molar-refractivity contribution in [3.8, 4) is 0 Å². The van der Waals surface area contributed by atoms with E-state index < -0.39 is 11.6 Å². The molecule has 2 aliphatic carbocycles. The third-order valence-corrected chi connectivity index (χ3v) is 10.0. The van der Waals surface area contributed by atoms with Crippen LogP contribution >= 0.6 is 11.3 Å². The number of aryl methyl sites for hydroxylation is 2. The SMILES string of the molecule is CNC(=O)Nc1ccc2c(c1)CCC21NC(=O)N(CC(=O)N2Cc3sc(C)c(C)c3CC[C@H]2C2CC2)C1=O. The fraction of sp³-hybridized carbons (Fsp3) is 0.500. The van der Waals surface area contributed by atoms with Crippen molar-refractivity contribution in [2.45, 2.75) is 70.5 Å². The highest BCUT2D eigenvalue weighted by Gasteiger charge is 2.56. The van der Waals surface area contributed by atoms with E-state index >= 15 is 0 Å². The first-order chi connectivity index (χ1) is 18.2. The molecule has 200 valence electrons. The summed E-state index contributed by atoms with van der Waals surface area (Å²) in [5, 5.41) is 8.18. The lowest BCUT2D eigenvalue weighted by Crippen LogP contribution is -2.48. The molecular formula is C28H33N5O4S. The molecule has 2 aromatic rings. The molecule has 1 aromatic heterocycles. The topological polar surface area (TPSA) is 111 Å². The second-order valence-electron chi connectivity index (χ2n) is 11.0. The normalized spacial score (nSPS) is 24.2. The van der Waals surface area contributed by atoms with Gasteiger partial charge in [-0.2, -0.15) is 0 Å². The summed E-state index contributed by atoms with van der Waals surface area (Å²) in [5.41, 5.74) is 3.79. The van der Waals surface area contributed by atoms with E-state index in [2.05, 4.69) is 29.8 Å². The summed E-state index contributed by atoms with van der Waals surface area (Å²) >= 11 is 1.76. The first-order valence-corrected chi connectivity index (χ1v) is 14.2. The molecule has 1 saturated heterocycles. The molecule has 4 aliphatic rings. The predicted octanol–water partition coefficient (Wildman–Crippen LogP) is 3.56. The predicted molar refractivity (Wildman–Crippen MR) is 144 cm³/mol. The molecule has 9 nitrogen and oxygen atoms in total. The van der Waals surface area contributed by atoms with Crippen LogP contribution in [0.25, 0.3) is 0 Å². The number of carbonyl (C=O) groups excluding carboxylic acids is 4. The average Bonchev–Trinajstić information content (AvgIpc) is 3.61. The Balaban J connectivity index is 1.23. The number of fused-ring (bicyclic) bond motifs is 3. The minimum Gasteiger partial charge on any atom is -0.341 e. The van der Waals surface area contributed by atoms with E-state index in [1.165, 1.54) is 20.9 Å². The van der Waals surface area contributed by atoms with Crippen molar-refractivity contribution in [3.05, 3.63) is 50.2 Å². The van der Waals surface area contributed by atoms with Gasteiger partial charge >= 0.3 is 12.1 Å². The number of anilines is 1. The van der Waals surface area contributed by atoms with Gasteiger partial charge in [0, 0.05) is 28.5 Å². The molecule has 1 unspecified atom stereocenters. The van der Waals surface area contributed by atoms with E-state index in [4.69, 9.17) is 0 Å². The second-order valence-corrected chi connectivity index (χ2v) is 12.3. The van der Waals surface area contributed by atoms with Gasteiger partial charge in [-0.3, -0.25) is 14.5 Å². The average molecular weight is 536 g/mol. The van der Waals surface area contributed by atoms with Gasteiger partial charge in [0.05, 0.1) is 6.54 Å². The van der Waals surface area contributed by atoms with Gasteiger partial charge in [0.15, 0.2) is 0 Å². The molecule has 1 saturated carbocycles. The molecule has 0 bridgehead atoms. The highest BCUT2D eigenvalue weighted by atomic mass is 32.1. The summed E-state index contributed by atoms with van der Waals surface area (Å²) in [6.07, 6.45) is 5.15. The molecule has 2 aliphatic heterocycles. The van der Waals surface area contributed by atoms with Crippen LogP contribution in [0.15, 0.2) is 18.2 Å². The van der Waals surface area contributed by atoms with Crippen LogP contribution in [0, 0.1) is 19.8 Å². The summed E-state index contributed by atoms with van der Waals surface area (Å²) < 4.78 is 0. The Labute approximate surface area is 225 Å². The lowest BCUT2D eigenvalue weighted by Gasteiger charge is -2.31. The smallest absolute Gasteiger partial charge is 0.325 e. The Bertz CT molecular complexity index is 1370. The van der Waals surface area contributed by atoms with E-state index in [1.54, 1.807) is 30.5 Å². The van der Waals surface area contributed by atoms with Crippen LogP contribution in [0.2, 0.25) is 0 Å². The number of carbonyl (C=O) groups is 4. The standard InChI is InChI=1S/C28H33N5O4S/c1-15-16(2)38-23-13-32(22(17-4-5-17)9-7-20(15)23)24(34)14-33-25(35)28(31-27(33)37)11-10-18-12-19(6-8-21(18)28)30-26(36)29-3/h6,8,12,17,22H,4-5,7,9-11,13-14H2,1-3H3,(H,31,37)(H2,29,30,36)/t22-,28?/m0/s1. The number of hydrogen-bond donors (Lipinski definition) is 3. The molecule has 1 aromatic carbocycles. The fourth-order valence-corrected chi connectivity index (χ4v) is 7.68. The van der Waals surface area contributed by atoms with Gasteiger partial charge in [-0.15, -0.1) is 11.3 Å². The Morgan fingerprint density at radius 2 is 1.95 bits per heavy atom. The van der Waals surface area contributed by atoms with Crippen LogP contribution in [-0.4, -0.2) is 53.3 Å². The van der Waals surface area contributed by atoms with Crippen molar-refractivity contribution < 1.29 is 19.2 Å². The Morgan fingerprint density at radius 1 is 1.16 bits per heavy atom. The quantitative estimate of drug-likeness (QED) is 0.520. The minimum atomic E-state index is -1.16. The first-order valence-electron chi connectivity index (χ1n) is 13.4. The van der Waals surface area contributed by atoms with Gasteiger partial charge in [0.1, 0.15) is 12.1 Å². The van der Waals surface area contributed by atoms with Crippen molar-refractivity contribution in [2.24, 2.45) is 5.92 Å². The molecule has 3 N–H and O–H groups in total. The number of imide groups is 1. The molecule has 6 rings (SSSR count). The molecule has 10 heteroatoms. The van der Waals surface area contributed by atoms with Crippen LogP contribution in [0.4, 0.5) is 15.3 Å². The van der Waals surface area contributed by atoms with Crippen LogP contribution in [-0.2, 0) is 34.5 Å². The maximum Gasteiger partial charge on any atom is 0.325 e. The fourth-order valence-electron chi connectivity index (χ4n) is 6.46. The summed E-state index contributed by atoms with van der Waals surface area (Å²) in [4.78, 5) is 57.9. The number of amides is 6. The Hall–Kier alpha value is -3.40. The lowest BCUT2D eigenvalue weighted by molar-refractivity contribution is -0.141. The number of benzene rings is 1. The third-order valence-electron chi connectivity index (χ3n) is 8.77. The Kier molecular flexibility index (Phi) is 5.97. The van der Waals surface area contributed by atoms with Crippen molar-refractivity contribution in [3.63, 3.8) is 0 Å². The van der Waals surface area contributed by atoms with Gasteiger partial charge in [0.25, 0.3) is 5.91 Å². The van der Waals surface area contributed by atoms with Crippen LogP contribution in [0.5, 0.6) is 0 Å². The van der Waals surface area contributed by atoms with Gasteiger partial charge in [-0.05, 0) is 92.7 Å². The number of nitrogens with one attached hydrogen (secondary N) is 3. The Morgan fingerprint density at radius 3 is 2.68 bits per heavy atom. The van der Waals surface area contributed by atoms with Crippen molar-refractivity contribution in [2.75, 3.05) is 18.9 Å². The van der Waals surface area contributed by atoms with Gasteiger partial charge in [0.2, 0.25) is 5.91 Å². The van der Waals surface area contributed by atoms with E-state index in [9.17, 15) is 19.2 Å². The summed E-state index contributed by atoms with van der Waals surface area (Å²) in [5.74, 6) is -0.0339. The molecule has 1 spiro atoms. The molecule has 0 radical (unpaired) electrons. The van der Waals surface area contributed by atoms with Crippen molar-refractivity contribution in [1.29, 1.82) is 0 Å². The highest BCUT2D eigenvalue weighted by molar-refractivity contribution is 7.12. The van der Waals surface area contributed by atoms with Crippen molar-refractivity contribution in [1.82, 2.24) is 20.4 Å². The second kappa shape index (κ2) is 9.11. The molecular weight excluding hydrogens is 502 g/mol. The number of urea groups is 2. The van der Waals surface area contributed by atoms with E-state index in [1.807, 2.05) is 11.0 Å². The van der Waals surface area contributed by atoms with Gasteiger partial charge in [-0.25, -0.2) is 9.59 Å². The monoisotopic (exact) mass is 535 g/mol.